The van der Waals surface area contributed by atoms with Crippen molar-refractivity contribution >= 4 is 11.9 Å². The first kappa shape index (κ1) is 32.0. The summed E-state index contributed by atoms with van der Waals surface area (Å²) in [6.07, 6.45) is 11.7. The smallest absolute Gasteiger partial charge is 0.331 e. The summed E-state index contributed by atoms with van der Waals surface area (Å²) in [5, 5.41) is 23.8. The van der Waals surface area contributed by atoms with E-state index in [0.717, 1.165) is 57.8 Å². The van der Waals surface area contributed by atoms with Crippen molar-refractivity contribution in [2.24, 2.45) is 50.2 Å². The average Bonchev–Trinajstić information content (AvgIpc) is 2.94. The molecule has 0 radical (unpaired) electrons. The molecule has 1 amide bonds. The maximum Gasteiger partial charge on any atom is 0.331 e. The third kappa shape index (κ3) is 4.62. The van der Waals surface area contributed by atoms with E-state index in [2.05, 4.69) is 52.9 Å². The fourth-order valence-corrected chi connectivity index (χ4v) is 11.4. The van der Waals surface area contributed by atoms with Crippen molar-refractivity contribution in [2.45, 2.75) is 112 Å². The van der Waals surface area contributed by atoms with Gasteiger partial charge in [-0.05, 0) is 104 Å². The van der Waals surface area contributed by atoms with E-state index in [-0.39, 0.29) is 51.4 Å². The van der Waals surface area contributed by atoms with Gasteiger partial charge < -0.3 is 25.0 Å². The number of fused-ring (bicyclic) bond motifs is 7. The van der Waals surface area contributed by atoms with Crippen molar-refractivity contribution in [3.05, 3.63) is 11.6 Å². The molecule has 0 spiro atoms. The SMILES string of the molecule is COCCNC(=O)[C@]12CCC(C)(C)C[C@H]1C1=CC[C@@H]3[C@@]4(C)CC[C@H](O)[C@@](C)(COC(=O)CO)[C@@H]4CC[C@@]3(C)[C@]1(C)CC2. The van der Waals surface area contributed by atoms with Gasteiger partial charge >= 0.3 is 5.97 Å². The van der Waals surface area contributed by atoms with Crippen LogP contribution in [0.1, 0.15) is 106 Å². The molecule has 5 rings (SSSR count). The number of methoxy groups -OCH3 is 1. The summed E-state index contributed by atoms with van der Waals surface area (Å²) in [5.41, 5.74) is 0.939. The average molecular weight is 588 g/mol. The van der Waals surface area contributed by atoms with E-state index in [9.17, 15) is 19.8 Å². The maximum atomic E-state index is 14.0. The number of rotatable bonds is 7. The monoisotopic (exact) mass is 587 g/mol. The van der Waals surface area contributed by atoms with Crippen LogP contribution in [0.4, 0.5) is 0 Å². The molecule has 5 aliphatic rings. The molecule has 3 N–H and O–H groups in total. The van der Waals surface area contributed by atoms with Gasteiger partial charge in [-0.2, -0.15) is 0 Å². The minimum absolute atomic E-state index is 0.00442. The minimum atomic E-state index is -0.634. The number of amides is 1. The first-order valence-electron chi connectivity index (χ1n) is 16.6. The van der Waals surface area contributed by atoms with Crippen LogP contribution in [0.25, 0.3) is 0 Å². The molecule has 0 saturated heterocycles. The Morgan fingerprint density at radius 2 is 1.69 bits per heavy atom. The lowest BCUT2D eigenvalue weighted by atomic mass is 9.33. The number of nitrogens with one attached hydrogen (secondary N) is 1. The Bertz CT molecular complexity index is 1100. The molecule has 0 heterocycles. The summed E-state index contributed by atoms with van der Waals surface area (Å²) in [5.74, 6) is 0.515. The summed E-state index contributed by atoms with van der Waals surface area (Å²) in [7, 11) is 1.68. The number of carbonyl (C=O) groups excluding carboxylic acids is 2. The second-order valence-electron chi connectivity index (χ2n) is 16.5. The number of esters is 1. The number of ether oxygens (including phenoxy) is 2. The Labute approximate surface area is 253 Å². The van der Waals surface area contributed by atoms with E-state index in [1.807, 2.05) is 0 Å². The molecule has 0 aromatic rings. The maximum absolute atomic E-state index is 14.0. The van der Waals surface area contributed by atoms with Crippen LogP contribution in [0.3, 0.4) is 0 Å². The van der Waals surface area contributed by atoms with E-state index in [1.54, 1.807) is 12.7 Å². The highest BCUT2D eigenvalue weighted by Crippen LogP contribution is 2.75. The first-order chi connectivity index (χ1) is 19.6. The van der Waals surface area contributed by atoms with Crippen LogP contribution < -0.4 is 5.32 Å². The molecule has 4 saturated carbocycles. The second kappa shape index (κ2) is 10.9. The van der Waals surface area contributed by atoms with Crippen LogP contribution in [-0.2, 0) is 19.1 Å². The van der Waals surface area contributed by atoms with Crippen LogP contribution in [0.15, 0.2) is 11.6 Å². The largest absolute Gasteiger partial charge is 0.463 e. The van der Waals surface area contributed by atoms with E-state index in [0.29, 0.717) is 25.5 Å². The third-order valence-corrected chi connectivity index (χ3v) is 14.1. The predicted octanol–water partition coefficient (Wildman–Crippen LogP) is 5.43. The zero-order valence-electron chi connectivity index (χ0n) is 27.3. The summed E-state index contributed by atoms with van der Waals surface area (Å²) >= 11 is 0. The molecule has 238 valence electrons. The first-order valence-corrected chi connectivity index (χ1v) is 16.6. The molecule has 0 aromatic carbocycles. The van der Waals surface area contributed by atoms with E-state index >= 15 is 0 Å². The number of allylic oxidation sites excluding steroid dienone is 2. The van der Waals surface area contributed by atoms with Gasteiger partial charge in [0, 0.05) is 19.1 Å². The van der Waals surface area contributed by atoms with E-state index in [4.69, 9.17) is 9.47 Å². The normalized spacial score (nSPS) is 45.8. The molecular weight excluding hydrogens is 530 g/mol. The van der Waals surface area contributed by atoms with Gasteiger partial charge in [-0.25, -0.2) is 4.79 Å². The highest BCUT2D eigenvalue weighted by Gasteiger charge is 2.69. The third-order valence-electron chi connectivity index (χ3n) is 14.1. The van der Waals surface area contributed by atoms with Gasteiger partial charge in [0.2, 0.25) is 5.91 Å². The highest BCUT2D eigenvalue weighted by atomic mass is 16.5. The number of hydrogen-bond acceptors (Lipinski definition) is 6. The number of aliphatic hydroxyl groups is 2. The lowest BCUT2D eigenvalue weighted by Gasteiger charge is -2.71. The molecule has 7 nitrogen and oxygen atoms in total. The molecule has 5 aliphatic carbocycles. The minimum Gasteiger partial charge on any atom is -0.463 e. The fourth-order valence-electron chi connectivity index (χ4n) is 11.4. The Morgan fingerprint density at radius 3 is 2.38 bits per heavy atom. The van der Waals surface area contributed by atoms with Crippen molar-refractivity contribution in [1.29, 1.82) is 0 Å². The molecule has 0 unspecified atom stereocenters. The molecule has 7 heteroatoms. The van der Waals surface area contributed by atoms with Crippen molar-refractivity contribution in [1.82, 2.24) is 5.32 Å². The standard InChI is InChI=1S/C35H57NO6/c1-30(2)14-16-35(29(40)36-18-19-41-7)17-15-33(5)23(24(35)20-30)8-9-26-31(3)12-11-27(38)32(4,22-42-28(39)21-37)25(31)10-13-34(26,33)6/h8,24-27,37-38H,9-22H2,1-7H3,(H,36,40)/t24-,25+,26+,27-,31-,32-,33+,34+,35-/m0/s1. The molecule has 42 heavy (non-hydrogen) atoms. The number of carbonyl (C=O) groups is 2. The number of aliphatic hydroxyl groups excluding tert-OH is 2. The lowest BCUT2D eigenvalue weighted by molar-refractivity contribution is -0.219. The van der Waals surface area contributed by atoms with Gasteiger partial charge in [0.1, 0.15) is 6.61 Å². The Hall–Kier alpha value is -1.44. The lowest BCUT2D eigenvalue weighted by Crippen LogP contribution is -2.66. The topological polar surface area (TPSA) is 105 Å². The quantitative estimate of drug-likeness (QED) is 0.209. The Kier molecular flexibility index (Phi) is 8.27. The molecular formula is C35H57NO6. The van der Waals surface area contributed by atoms with E-state index < -0.39 is 24.1 Å². The van der Waals surface area contributed by atoms with Crippen molar-refractivity contribution < 1.29 is 29.3 Å². The summed E-state index contributed by atoms with van der Waals surface area (Å²) in [4.78, 5) is 25.9. The van der Waals surface area contributed by atoms with Crippen LogP contribution in [-0.4, -0.2) is 61.7 Å². The summed E-state index contributed by atoms with van der Waals surface area (Å²) in [6, 6.07) is 0. The van der Waals surface area contributed by atoms with Crippen molar-refractivity contribution in [2.75, 3.05) is 33.5 Å². The fraction of sp³-hybridized carbons (Fsp3) is 0.886. The molecule has 0 bridgehead atoms. The summed E-state index contributed by atoms with van der Waals surface area (Å²) < 4.78 is 10.8. The van der Waals surface area contributed by atoms with Crippen LogP contribution in [0.2, 0.25) is 0 Å². The van der Waals surface area contributed by atoms with Crippen molar-refractivity contribution in [3.8, 4) is 0 Å². The van der Waals surface area contributed by atoms with Gasteiger partial charge in [-0.3, -0.25) is 4.79 Å². The zero-order valence-corrected chi connectivity index (χ0v) is 27.3. The Balaban J connectivity index is 1.51. The van der Waals surface area contributed by atoms with Crippen molar-refractivity contribution in [3.63, 3.8) is 0 Å². The van der Waals surface area contributed by atoms with E-state index in [1.165, 1.54) is 0 Å². The van der Waals surface area contributed by atoms with Crippen LogP contribution in [0, 0.1) is 50.2 Å². The zero-order chi connectivity index (χ0) is 30.8. The van der Waals surface area contributed by atoms with Gasteiger partial charge in [0.05, 0.1) is 24.7 Å². The summed E-state index contributed by atoms with van der Waals surface area (Å²) in [6.45, 7) is 15.0. The van der Waals surface area contributed by atoms with Gasteiger partial charge in [0.25, 0.3) is 0 Å². The van der Waals surface area contributed by atoms with Gasteiger partial charge in [0.15, 0.2) is 0 Å². The predicted molar refractivity (Wildman–Crippen MR) is 162 cm³/mol. The van der Waals surface area contributed by atoms with Gasteiger partial charge in [-0.1, -0.05) is 53.2 Å². The van der Waals surface area contributed by atoms with Crippen LogP contribution >= 0.6 is 0 Å². The molecule has 0 aliphatic heterocycles. The molecule has 4 fully saturated rings. The number of hydrogen-bond donors (Lipinski definition) is 3. The second-order valence-corrected chi connectivity index (χ2v) is 16.5. The van der Waals surface area contributed by atoms with Gasteiger partial charge in [-0.15, -0.1) is 0 Å². The molecule has 9 atom stereocenters. The Morgan fingerprint density at radius 1 is 0.976 bits per heavy atom. The van der Waals surface area contributed by atoms with Crippen LogP contribution in [0.5, 0.6) is 0 Å². The molecule has 0 aromatic heterocycles. The highest BCUT2D eigenvalue weighted by molar-refractivity contribution is 5.84.